The summed E-state index contributed by atoms with van der Waals surface area (Å²) in [6.07, 6.45) is 2.15. The van der Waals surface area contributed by atoms with Crippen LogP contribution in [0.5, 0.6) is 0 Å². The molecule has 0 saturated carbocycles. The molecule has 7 nitrogen and oxygen atoms in total. The van der Waals surface area contributed by atoms with Crippen LogP contribution in [0.3, 0.4) is 0 Å². The van der Waals surface area contributed by atoms with Gasteiger partial charge in [-0.3, -0.25) is 14.3 Å². The normalized spacial score (nSPS) is 21.1. The van der Waals surface area contributed by atoms with E-state index in [1.54, 1.807) is 13.2 Å². The minimum absolute atomic E-state index is 0.0253. The SMILES string of the molecule is CNC(=O)[C@@H]1CN(C)C[C@@H]1NC(=O)CCn1ncc2ccccc21. The molecule has 0 spiro atoms. The highest BCUT2D eigenvalue weighted by molar-refractivity contribution is 5.82. The fourth-order valence-corrected chi connectivity index (χ4v) is 3.29. The van der Waals surface area contributed by atoms with Crippen LogP contribution >= 0.6 is 0 Å². The average Bonchev–Trinajstić information content (AvgIpc) is 3.15. The van der Waals surface area contributed by atoms with Crippen LogP contribution in [0.2, 0.25) is 0 Å². The summed E-state index contributed by atoms with van der Waals surface area (Å²) in [5, 5.41) is 11.1. The molecule has 1 fully saturated rings. The molecule has 2 aromatic rings. The number of amides is 2. The number of hydrogen-bond donors (Lipinski definition) is 2. The number of benzene rings is 1. The van der Waals surface area contributed by atoms with Crippen molar-refractivity contribution in [3.63, 3.8) is 0 Å². The third-order valence-corrected chi connectivity index (χ3v) is 4.53. The average molecular weight is 329 g/mol. The quantitative estimate of drug-likeness (QED) is 0.822. The first-order valence-corrected chi connectivity index (χ1v) is 8.18. The molecule has 2 heterocycles. The lowest BCUT2D eigenvalue weighted by atomic mass is 10.0. The smallest absolute Gasteiger partial charge is 0.226 e. The van der Waals surface area contributed by atoms with Gasteiger partial charge >= 0.3 is 0 Å². The van der Waals surface area contributed by atoms with Gasteiger partial charge in [0.2, 0.25) is 11.8 Å². The molecule has 7 heteroatoms. The van der Waals surface area contributed by atoms with Gasteiger partial charge < -0.3 is 15.5 Å². The lowest BCUT2D eigenvalue weighted by Gasteiger charge is -2.18. The Morgan fingerprint density at radius 3 is 2.88 bits per heavy atom. The summed E-state index contributed by atoms with van der Waals surface area (Å²) in [4.78, 5) is 26.3. The monoisotopic (exact) mass is 329 g/mol. The predicted molar refractivity (Wildman–Crippen MR) is 91.3 cm³/mol. The summed E-state index contributed by atoms with van der Waals surface area (Å²) < 4.78 is 1.84. The number of likely N-dealkylation sites (N-methyl/N-ethyl adjacent to an activating group) is 1. The number of carbonyl (C=O) groups excluding carboxylic acids is 2. The minimum atomic E-state index is -0.200. The van der Waals surface area contributed by atoms with Crippen molar-refractivity contribution in [1.29, 1.82) is 0 Å². The Morgan fingerprint density at radius 2 is 2.08 bits per heavy atom. The first kappa shape index (κ1) is 16.4. The molecule has 1 saturated heterocycles. The molecule has 0 radical (unpaired) electrons. The van der Waals surface area contributed by atoms with E-state index in [9.17, 15) is 9.59 Å². The molecule has 1 aliphatic rings. The molecule has 1 aliphatic heterocycles. The molecular weight excluding hydrogens is 306 g/mol. The maximum atomic E-state index is 12.3. The Balaban J connectivity index is 1.58. The first-order valence-electron chi connectivity index (χ1n) is 8.18. The number of aromatic nitrogens is 2. The van der Waals surface area contributed by atoms with E-state index in [4.69, 9.17) is 0 Å². The van der Waals surface area contributed by atoms with Crippen LogP contribution in [-0.2, 0) is 16.1 Å². The Labute approximate surface area is 141 Å². The maximum absolute atomic E-state index is 12.3. The second-order valence-electron chi connectivity index (χ2n) is 6.29. The van der Waals surface area contributed by atoms with E-state index in [1.165, 1.54) is 0 Å². The van der Waals surface area contributed by atoms with Gasteiger partial charge in [-0.15, -0.1) is 0 Å². The van der Waals surface area contributed by atoms with Gasteiger partial charge in [0.1, 0.15) is 0 Å². The lowest BCUT2D eigenvalue weighted by molar-refractivity contribution is -0.126. The van der Waals surface area contributed by atoms with Crippen molar-refractivity contribution in [1.82, 2.24) is 25.3 Å². The number of nitrogens with zero attached hydrogens (tertiary/aromatic N) is 3. The molecule has 128 valence electrons. The van der Waals surface area contributed by atoms with Crippen molar-refractivity contribution in [2.45, 2.75) is 19.0 Å². The van der Waals surface area contributed by atoms with E-state index in [0.29, 0.717) is 26.1 Å². The first-order chi connectivity index (χ1) is 11.6. The van der Waals surface area contributed by atoms with Gasteiger partial charge in [-0.25, -0.2) is 0 Å². The number of nitrogens with one attached hydrogen (secondary N) is 2. The van der Waals surface area contributed by atoms with Crippen molar-refractivity contribution in [2.24, 2.45) is 5.92 Å². The van der Waals surface area contributed by atoms with Gasteiger partial charge in [0.15, 0.2) is 0 Å². The second-order valence-corrected chi connectivity index (χ2v) is 6.29. The van der Waals surface area contributed by atoms with Gasteiger partial charge in [0.05, 0.1) is 30.2 Å². The van der Waals surface area contributed by atoms with E-state index < -0.39 is 0 Å². The Kier molecular flexibility index (Phi) is 4.80. The van der Waals surface area contributed by atoms with Crippen molar-refractivity contribution >= 4 is 22.7 Å². The standard InChI is InChI=1S/C17H23N5O2/c1-18-17(24)13-10-21(2)11-14(13)20-16(23)7-8-22-15-6-4-3-5-12(15)9-19-22/h3-6,9,13-14H,7-8,10-11H2,1-2H3,(H,18,24)(H,20,23)/t13-,14+/m1/s1. The molecule has 0 bridgehead atoms. The zero-order chi connectivity index (χ0) is 17.1. The number of aryl methyl sites for hydroxylation is 1. The van der Waals surface area contributed by atoms with Crippen LogP contribution in [0.25, 0.3) is 10.9 Å². The van der Waals surface area contributed by atoms with Gasteiger partial charge in [0, 0.05) is 31.9 Å². The summed E-state index contributed by atoms with van der Waals surface area (Å²) in [6, 6.07) is 7.78. The minimum Gasteiger partial charge on any atom is -0.359 e. The maximum Gasteiger partial charge on any atom is 0.226 e. The van der Waals surface area contributed by atoms with Crippen LogP contribution in [0, 0.1) is 5.92 Å². The molecule has 2 N–H and O–H groups in total. The third kappa shape index (κ3) is 3.41. The third-order valence-electron chi connectivity index (χ3n) is 4.53. The zero-order valence-electron chi connectivity index (χ0n) is 14.0. The Morgan fingerprint density at radius 1 is 1.29 bits per heavy atom. The van der Waals surface area contributed by atoms with Crippen molar-refractivity contribution in [2.75, 3.05) is 27.2 Å². The largest absolute Gasteiger partial charge is 0.359 e. The van der Waals surface area contributed by atoms with E-state index in [0.717, 1.165) is 10.9 Å². The van der Waals surface area contributed by atoms with Crippen molar-refractivity contribution in [3.05, 3.63) is 30.5 Å². The topological polar surface area (TPSA) is 79.3 Å². The van der Waals surface area contributed by atoms with Crippen LogP contribution in [0.15, 0.2) is 30.5 Å². The fourth-order valence-electron chi connectivity index (χ4n) is 3.29. The molecule has 2 atom stereocenters. The van der Waals surface area contributed by atoms with Gasteiger partial charge in [-0.1, -0.05) is 18.2 Å². The molecule has 0 aliphatic carbocycles. The van der Waals surface area contributed by atoms with E-state index in [-0.39, 0.29) is 23.8 Å². The van der Waals surface area contributed by atoms with Gasteiger partial charge in [0.25, 0.3) is 0 Å². The molecular formula is C17H23N5O2. The van der Waals surface area contributed by atoms with E-state index in [1.807, 2.05) is 36.0 Å². The van der Waals surface area contributed by atoms with Crippen LogP contribution in [-0.4, -0.2) is 59.7 Å². The van der Waals surface area contributed by atoms with Crippen LogP contribution < -0.4 is 10.6 Å². The van der Waals surface area contributed by atoms with E-state index >= 15 is 0 Å². The van der Waals surface area contributed by atoms with Crippen molar-refractivity contribution < 1.29 is 9.59 Å². The molecule has 1 aromatic heterocycles. The summed E-state index contributed by atoms with van der Waals surface area (Å²) in [5.74, 6) is -0.277. The summed E-state index contributed by atoms with van der Waals surface area (Å²) in [6.45, 7) is 1.87. The molecule has 3 rings (SSSR count). The number of rotatable bonds is 5. The molecule has 24 heavy (non-hydrogen) atoms. The highest BCUT2D eigenvalue weighted by Crippen LogP contribution is 2.16. The fraction of sp³-hybridized carbons (Fsp3) is 0.471. The number of para-hydroxylation sites is 1. The second kappa shape index (κ2) is 7.00. The zero-order valence-corrected chi connectivity index (χ0v) is 14.0. The summed E-state index contributed by atoms with van der Waals surface area (Å²) in [5.41, 5.74) is 1.02. The summed E-state index contributed by atoms with van der Waals surface area (Å²) >= 11 is 0. The number of hydrogen-bond acceptors (Lipinski definition) is 4. The van der Waals surface area contributed by atoms with Crippen LogP contribution in [0.4, 0.5) is 0 Å². The van der Waals surface area contributed by atoms with Crippen molar-refractivity contribution in [3.8, 4) is 0 Å². The highest BCUT2D eigenvalue weighted by Gasteiger charge is 2.36. The van der Waals surface area contributed by atoms with Gasteiger partial charge in [-0.05, 0) is 13.1 Å². The van der Waals surface area contributed by atoms with E-state index in [2.05, 4.69) is 20.6 Å². The molecule has 0 unspecified atom stereocenters. The Bertz CT molecular complexity index is 741. The lowest BCUT2D eigenvalue weighted by Crippen LogP contribution is -2.45. The summed E-state index contributed by atoms with van der Waals surface area (Å²) in [7, 11) is 3.58. The van der Waals surface area contributed by atoms with Gasteiger partial charge in [-0.2, -0.15) is 5.10 Å². The number of likely N-dealkylation sites (tertiary alicyclic amines) is 1. The molecule has 2 amide bonds. The molecule has 1 aromatic carbocycles. The Hall–Kier alpha value is -2.41. The van der Waals surface area contributed by atoms with Crippen LogP contribution in [0.1, 0.15) is 6.42 Å². The predicted octanol–water partition coefficient (Wildman–Crippen LogP) is 0.219. The number of fused-ring (bicyclic) bond motifs is 1. The number of carbonyl (C=O) groups is 2. The highest BCUT2D eigenvalue weighted by atomic mass is 16.2.